The summed E-state index contributed by atoms with van der Waals surface area (Å²) >= 11 is 0. The molecular weight excluding hydrogens is 328 g/mol. The van der Waals surface area contributed by atoms with E-state index in [4.69, 9.17) is 14.2 Å². The zero-order chi connectivity index (χ0) is 15.7. The van der Waals surface area contributed by atoms with Crippen molar-refractivity contribution in [2.24, 2.45) is 0 Å². The first-order valence-corrected chi connectivity index (χ1v) is 7.61. The quantitative estimate of drug-likeness (QED) is 0.309. The lowest BCUT2D eigenvalue weighted by Crippen LogP contribution is -2.61. The first-order valence-electron chi connectivity index (χ1n) is 4.88. The highest BCUT2D eigenvalue weighted by Crippen LogP contribution is 2.26. The van der Waals surface area contributed by atoms with Crippen molar-refractivity contribution in [3.8, 4) is 0 Å². The van der Waals surface area contributed by atoms with Crippen molar-refractivity contribution in [1.29, 1.82) is 0 Å². The lowest BCUT2D eigenvalue weighted by atomic mass is 9.99. The Bertz CT molecular complexity index is 524. The number of aliphatic hydroxyl groups is 3. The van der Waals surface area contributed by atoms with Crippen LogP contribution >= 0.6 is 0 Å². The molecule has 0 unspecified atom stereocenters. The van der Waals surface area contributed by atoms with Crippen LogP contribution < -0.4 is 0 Å². The standard InChI is InChI=1S/C6H12O12S2/c7-1-2-3(8)4(17-19(10,11)12)5(6(9)16-2)18-20(13,14)15/h2-9H,1H2,(H,10,11,12)(H,13,14,15)/t2-,3-,4+,5+,6-/m1/s1. The molecule has 0 aromatic heterocycles. The third-order valence-electron chi connectivity index (χ3n) is 2.28. The summed E-state index contributed by atoms with van der Waals surface area (Å²) < 4.78 is 71.9. The van der Waals surface area contributed by atoms with Crippen LogP contribution in [0.1, 0.15) is 0 Å². The summed E-state index contributed by atoms with van der Waals surface area (Å²) in [5.41, 5.74) is 0. The molecule has 120 valence electrons. The predicted molar refractivity (Wildman–Crippen MR) is 56.8 cm³/mol. The van der Waals surface area contributed by atoms with Crippen molar-refractivity contribution >= 4 is 20.8 Å². The Balaban J connectivity index is 3.09. The molecule has 0 aliphatic carbocycles. The van der Waals surface area contributed by atoms with Crippen molar-refractivity contribution in [2.75, 3.05) is 6.61 Å². The molecule has 0 saturated carbocycles. The monoisotopic (exact) mass is 340 g/mol. The number of hydrogen-bond acceptors (Lipinski definition) is 10. The fourth-order valence-corrected chi connectivity index (χ4v) is 2.54. The topological polar surface area (TPSA) is 197 Å². The third-order valence-corrected chi connectivity index (χ3v) is 3.21. The van der Waals surface area contributed by atoms with Gasteiger partial charge in [0.2, 0.25) is 0 Å². The van der Waals surface area contributed by atoms with Gasteiger partial charge in [-0.25, -0.2) is 8.37 Å². The Morgan fingerprint density at radius 3 is 1.80 bits per heavy atom. The van der Waals surface area contributed by atoms with Gasteiger partial charge in [0, 0.05) is 0 Å². The van der Waals surface area contributed by atoms with E-state index < -0.39 is 58.1 Å². The zero-order valence-electron chi connectivity index (χ0n) is 9.50. The summed E-state index contributed by atoms with van der Waals surface area (Å²) in [5.74, 6) is 0. The first-order chi connectivity index (χ1) is 8.94. The van der Waals surface area contributed by atoms with Crippen LogP contribution in [-0.4, -0.2) is 78.6 Å². The van der Waals surface area contributed by atoms with Crippen LogP contribution in [0.3, 0.4) is 0 Å². The fraction of sp³-hybridized carbons (Fsp3) is 1.00. The SMILES string of the molecule is O=S(=O)(O)O[C@H]1[C@H](O)[C@@H](CO)O[C@@H](O)[C@H]1OS(=O)(=O)O. The first kappa shape index (κ1) is 17.6. The summed E-state index contributed by atoms with van der Waals surface area (Å²) in [7, 11) is -10.3. The van der Waals surface area contributed by atoms with Gasteiger partial charge in [0.1, 0.15) is 18.3 Å². The minimum absolute atomic E-state index is 0.887. The molecule has 0 spiro atoms. The smallest absolute Gasteiger partial charge is 0.394 e. The highest BCUT2D eigenvalue weighted by Gasteiger charge is 2.49. The molecule has 0 amide bonds. The number of aliphatic hydroxyl groups excluding tert-OH is 3. The van der Waals surface area contributed by atoms with Gasteiger partial charge in [-0.3, -0.25) is 9.11 Å². The van der Waals surface area contributed by atoms with Gasteiger partial charge in [-0.1, -0.05) is 0 Å². The molecule has 1 saturated heterocycles. The Morgan fingerprint density at radius 1 is 0.950 bits per heavy atom. The highest BCUT2D eigenvalue weighted by atomic mass is 32.3. The van der Waals surface area contributed by atoms with Gasteiger partial charge >= 0.3 is 20.8 Å². The molecule has 0 aromatic rings. The van der Waals surface area contributed by atoms with E-state index in [1.807, 2.05) is 0 Å². The predicted octanol–water partition coefficient (Wildman–Crippen LogP) is -3.57. The number of ether oxygens (including phenoxy) is 1. The number of hydrogen-bond donors (Lipinski definition) is 5. The van der Waals surface area contributed by atoms with Crippen molar-refractivity contribution in [3.05, 3.63) is 0 Å². The van der Waals surface area contributed by atoms with E-state index in [0.29, 0.717) is 0 Å². The summed E-state index contributed by atoms with van der Waals surface area (Å²) in [6.07, 6.45) is -10.1. The largest absolute Gasteiger partial charge is 0.397 e. The molecule has 1 aliphatic rings. The van der Waals surface area contributed by atoms with Crippen LogP contribution in [0.25, 0.3) is 0 Å². The van der Waals surface area contributed by atoms with Gasteiger partial charge in [0.05, 0.1) is 6.61 Å². The second-order valence-corrected chi connectivity index (χ2v) is 5.81. The van der Waals surface area contributed by atoms with E-state index >= 15 is 0 Å². The highest BCUT2D eigenvalue weighted by molar-refractivity contribution is 7.81. The maximum Gasteiger partial charge on any atom is 0.397 e. The Hall–Kier alpha value is -0.420. The zero-order valence-corrected chi connectivity index (χ0v) is 11.1. The second kappa shape index (κ2) is 6.14. The maximum absolute atomic E-state index is 10.6. The van der Waals surface area contributed by atoms with E-state index in [9.17, 15) is 27.0 Å². The summed E-state index contributed by atoms with van der Waals surface area (Å²) in [6, 6.07) is 0. The molecule has 0 aromatic carbocycles. The van der Waals surface area contributed by atoms with Gasteiger partial charge < -0.3 is 20.1 Å². The van der Waals surface area contributed by atoms with Gasteiger partial charge in [-0.15, -0.1) is 0 Å². The lowest BCUT2D eigenvalue weighted by Gasteiger charge is -2.39. The van der Waals surface area contributed by atoms with Crippen LogP contribution in [0.5, 0.6) is 0 Å². The average Bonchev–Trinajstić information content (AvgIpc) is 2.25. The fourth-order valence-electron chi connectivity index (χ4n) is 1.55. The van der Waals surface area contributed by atoms with Gasteiger partial charge in [-0.05, 0) is 0 Å². The lowest BCUT2D eigenvalue weighted by molar-refractivity contribution is -0.276. The van der Waals surface area contributed by atoms with Crippen molar-refractivity contribution in [1.82, 2.24) is 0 Å². The summed E-state index contributed by atoms with van der Waals surface area (Å²) in [5, 5.41) is 27.9. The second-order valence-electron chi connectivity index (χ2n) is 3.72. The summed E-state index contributed by atoms with van der Waals surface area (Å²) in [4.78, 5) is 0. The molecule has 20 heavy (non-hydrogen) atoms. The van der Waals surface area contributed by atoms with Crippen LogP contribution in [0.15, 0.2) is 0 Å². The van der Waals surface area contributed by atoms with Crippen LogP contribution in [0, 0.1) is 0 Å². The Labute approximate surface area is 113 Å². The van der Waals surface area contributed by atoms with Crippen molar-refractivity contribution in [3.63, 3.8) is 0 Å². The maximum atomic E-state index is 10.6. The van der Waals surface area contributed by atoms with E-state index in [1.165, 1.54) is 0 Å². The molecule has 1 heterocycles. The minimum atomic E-state index is -5.16. The molecule has 14 heteroatoms. The molecule has 5 N–H and O–H groups in total. The molecule has 1 fully saturated rings. The van der Waals surface area contributed by atoms with Crippen LogP contribution in [-0.2, 0) is 33.9 Å². The van der Waals surface area contributed by atoms with Gasteiger partial charge in [0.25, 0.3) is 0 Å². The molecule has 5 atom stereocenters. The Kier molecular flexibility index (Phi) is 5.41. The molecule has 1 rings (SSSR count). The Morgan fingerprint density at radius 2 is 1.40 bits per heavy atom. The van der Waals surface area contributed by atoms with Gasteiger partial charge in [0.15, 0.2) is 12.4 Å². The normalized spacial score (nSPS) is 36.0. The summed E-state index contributed by atoms with van der Waals surface area (Å²) in [6.45, 7) is -0.887. The van der Waals surface area contributed by atoms with E-state index in [1.54, 1.807) is 0 Å². The molecule has 0 radical (unpaired) electrons. The van der Waals surface area contributed by atoms with E-state index in [0.717, 1.165) is 0 Å². The van der Waals surface area contributed by atoms with E-state index in [2.05, 4.69) is 13.1 Å². The number of rotatable bonds is 5. The molecule has 0 bridgehead atoms. The van der Waals surface area contributed by atoms with Crippen molar-refractivity contribution in [2.45, 2.75) is 30.7 Å². The van der Waals surface area contributed by atoms with Gasteiger partial charge in [-0.2, -0.15) is 16.8 Å². The molecule has 12 nitrogen and oxygen atoms in total. The molecular formula is C6H12O12S2. The van der Waals surface area contributed by atoms with Crippen LogP contribution in [0.4, 0.5) is 0 Å². The molecule has 1 aliphatic heterocycles. The van der Waals surface area contributed by atoms with E-state index in [-0.39, 0.29) is 0 Å². The average molecular weight is 340 g/mol. The van der Waals surface area contributed by atoms with Crippen LogP contribution in [0.2, 0.25) is 0 Å². The van der Waals surface area contributed by atoms with Crippen molar-refractivity contribution < 1.29 is 54.4 Å². The third kappa shape index (κ3) is 4.85. The minimum Gasteiger partial charge on any atom is -0.394 e.